The van der Waals surface area contributed by atoms with Crippen molar-refractivity contribution < 1.29 is 91.3 Å². The highest BCUT2D eigenvalue weighted by Gasteiger charge is 2.31. The number of carboxylic acid groups (broad SMARTS) is 5. The van der Waals surface area contributed by atoms with Gasteiger partial charge in [0.15, 0.2) is 6.04 Å². The first-order valence-electron chi connectivity index (χ1n) is 20.9. The molecular formula is C40H69F6N3O11. The van der Waals surface area contributed by atoms with Crippen molar-refractivity contribution in [3.63, 3.8) is 0 Å². The molecule has 0 aromatic carbocycles. The lowest BCUT2D eigenvalue weighted by atomic mass is 10.0. The molecule has 0 bridgehead atoms. The molecule has 0 rings (SSSR count). The summed E-state index contributed by atoms with van der Waals surface area (Å²) in [7, 11) is 0. The van der Waals surface area contributed by atoms with Gasteiger partial charge >= 0.3 is 30.3 Å². The molecule has 0 saturated heterocycles. The fourth-order valence-electron chi connectivity index (χ4n) is 5.88. The maximum Gasteiger partial charge on any atom is 0.430 e. The molecule has 0 aliphatic rings. The van der Waals surface area contributed by atoms with Gasteiger partial charge in [0.25, 0.3) is 0 Å². The van der Waals surface area contributed by atoms with E-state index in [4.69, 9.17) is 24.9 Å². The van der Waals surface area contributed by atoms with Gasteiger partial charge in [-0.3, -0.25) is 4.79 Å². The van der Waals surface area contributed by atoms with E-state index >= 15 is 0 Å². The van der Waals surface area contributed by atoms with Gasteiger partial charge in [-0.2, -0.15) is 26.3 Å². The summed E-state index contributed by atoms with van der Waals surface area (Å²) in [6.45, 7) is 5.97. The molecule has 0 spiro atoms. The third-order valence-electron chi connectivity index (χ3n) is 9.31. The molecule has 0 heterocycles. The molecule has 352 valence electrons. The van der Waals surface area contributed by atoms with Crippen LogP contribution in [0.2, 0.25) is 0 Å². The van der Waals surface area contributed by atoms with Gasteiger partial charge in [-0.15, -0.1) is 0 Å². The van der Waals surface area contributed by atoms with Crippen molar-refractivity contribution in [3.8, 4) is 0 Å². The number of halogens is 6. The first-order chi connectivity index (χ1) is 28.0. The summed E-state index contributed by atoms with van der Waals surface area (Å²) in [4.78, 5) is 66.3. The SMILES string of the molecule is CCCCCCCCCCCC[NH+](CCCCCCCCCCCC)[C@H](CCC(=O)N[C@@H](C/C=C/[C@@H]([NH3+])C(=O)O)C(=O)O)C(=O)O.O=C([O-])C(F)(F)F.O=C([O-])C(F)(F)F. The zero-order chi connectivity index (χ0) is 46.6. The van der Waals surface area contributed by atoms with Crippen LogP contribution in [0, 0.1) is 0 Å². The Labute approximate surface area is 349 Å². The van der Waals surface area contributed by atoms with Crippen molar-refractivity contribution in [2.75, 3.05) is 13.1 Å². The second-order valence-electron chi connectivity index (χ2n) is 14.6. The van der Waals surface area contributed by atoms with E-state index in [1.54, 1.807) is 0 Å². The maximum absolute atomic E-state index is 12.7. The Morgan fingerprint density at radius 1 is 0.600 bits per heavy atom. The van der Waals surface area contributed by atoms with Crippen LogP contribution >= 0.6 is 0 Å². The molecule has 0 aliphatic carbocycles. The number of carboxylic acids is 5. The Balaban J connectivity index is -0.00000196. The van der Waals surface area contributed by atoms with Gasteiger partial charge in [0.05, 0.1) is 13.1 Å². The molecule has 14 nitrogen and oxygen atoms in total. The first kappa shape index (κ1) is 60.4. The maximum atomic E-state index is 12.7. The molecule has 0 aromatic heterocycles. The smallest absolute Gasteiger partial charge is 0.430 e. The number of nitrogens with one attached hydrogen (secondary N) is 2. The normalized spacial score (nSPS) is 13.0. The number of quaternary nitrogens is 2. The van der Waals surface area contributed by atoms with E-state index in [9.17, 15) is 55.7 Å². The Morgan fingerprint density at radius 3 is 1.22 bits per heavy atom. The van der Waals surface area contributed by atoms with Gasteiger partial charge in [0.2, 0.25) is 11.9 Å². The second kappa shape index (κ2) is 36.9. The molecule has 0 aromatic rings. The molecule has 0 radical (unpaired) electrons. The number of unbranched alkanes of at least 4 members (excludes halogenated alkanes) is 18. The van der Waals surface area contributed by atoms with Crippen LogP contribution in [0.25, 0.3) is 0 Å². The standard InChI is InChI=1S/C36H67N3O7.2C2HF3O2/c1-3-5-7-9-11-13-15-17-19-21-28-39(29-22-20-18-16-14-12-10-8-6-4-2)32(36(45)46)26-27-33(40)38-31(35(43)44)25-23-24-30(37)34(41)42;2*3-2(4,5)1(6)7/h23-24,30-32H,3-22,25-29,37H2,1-2H3,(H,38,40)(H,41,42)(H,43,44)(H,45,46);2*(H,6,7)/b24-23+;;/t30-,31+,32-;;/m1../s1. The minimum atomic E-state index is -5.19. The van der Waals surface area contributed by atoms with Crippen LogP contribution in [0.1, 0.15) is 162 Å². The Kier molecular flexibility index (Phi) is 37.1. The monoisotopic (exact) mass is 881 g/mol. The van der Waals surface area contributed by atoms with E-state index in [2.05, 4.69) is 24.9 Å². The van der Waals surface area contributed by atoms with Crippen molar-refractivity contribution in [2.45, 2.75) is 192 Å². The number of aliphatic carboxylic acids is 5. The van der Waals surface area contributed by atoms with Crippen molar-refractivity contribution in [1.82, 2.24) is 5.32 Å². The third kappa shape index (κ3) is 38.3. The van der Waals surface area contributed by atoms with E-state index in [0.717, 1.165) is 56.5 Å². The lowest BCUT2D eigenvalue weighted by molar-refractivity contribution is -0.917. The summed E-state index contributed by atoms with van der Waals surface area (Å²) in [5, 5.41) is 48.6. The predicted molar refractivity (Wildman–Crippen MR) is 205 cm³/mol. The van der Waals surface area contributed by atoms with E-state index in [1.807, 2.05) is 0 Å². The number of carbonyl (C=O) groups is 6. The van der Waals surface area contributed by atoms with Crippen molar-refractivity contribution in [3.05, 3.63) is 12.2 Å². The number of hydrogen-bond acceptors (Lipinski definition) is 8. The summed E-state index contributed by atoms with van der Waals surface area (Å²) >= 11 is 0. The summed E-state index contributed by atoms with van der Waals surface area (Å²) in [6, 6.07) is -2.97. The molecule has 0 unspecified atom stereocenters. The van der Waals surface area contributed by atoms with Crippen LogP contribution < -0.4 is 26.2 Å². The molecule has 0 fully saturated rings. The fraction of sp³-hybridized carbons (Fsp3) is 0.800. The van der Waals surface area contributed by atoms with Crippen molar-refractivity contribution >= 4 is 35.8 Å². The molecule has 1 amide bonds. The van der Waals surface area contributed by atoms with Gasteiger partial charge in [-0.05, 0) is 38.2 Å². The van der Waals surface area contributed by atoms with Crippen LogP contribution in [-0.2, 0) is 28.8 Å². The molecule has 0 saturated carbocycles. The molecule has 20 heteroatoms. The van der Waals surface area contributed by atoms with Crippen molar-refractivity contribution in [2.24, 2.45) is 0 Å². The summed E-state index contributed by atoms with van der Waals surface area (Å²) in [5.74, 6) is -9.82. The number of carbonyl (C=O) groups excluding carboxylic acids is 3. The number of rotatable bonds is 33. The molecular weight excluding hydrogens is 812 g/mol. The lowest BCUT2D eigenvalue weighted by Gasteiger charge is -2.26. The number of hydrogen-bond donors (Lipinski definition) is 6. The summed E-state index contributed by atoms with van der Waals surface area (Å²) in [6.07, 6.45) is 16.5. The quantitative estimate of drug-likeness (QED) is 0.0315. The van der Waals surface area contributed by atoms with E-state index < -0.39 is 66.2 Å². The summed E-state index contributed by atoms with van der Waals surface area (Å²) < 4.78 is 63.1. The largest absolute Gasteiger partial charge is 0.542 e. The molecule has 0 aliphatic heterocycles. The lowest BCUT2D eigenvalue weighted by Crippen LogP contribution is -3.16. The molecule has 60 heavy (non-hydrogen) atoms. The highest BCUT2D eigenvalue weighted by molar-refractivity contribution is 5.84. The molecule has 3 atom stereocenters. The van der Waals surface area contributed by atoms with Gasteiger partial charge in [0, 0.05) is 12.8 Å². The third-order valence-corrected chi connectivity index (χ3v) is 9.31. The van der Waals surface area contributed by atoms with Crippen LogP contribution in [0.3, 0.4) is 0 Å². The average molecular weight is 882 g/mol. The average Bonchev–Trinajstić information content (AvgIpc) is 3.14. The predicted octanol–water partition coefficient (Wildman–Crippen LogP) is 3.75. The number of alkyl halides is 6. The Hall–Kier alpha value is -3.94. The first-order valence-corrected chi connectivity index (χ1v) is 20.9. The zero-order valence-corrected chi connectivity index (χ0v) is 35.1. The fourth-order valence-corrected chi connectivity index (χ4v) is 5.88. The highest BCUT2D eigenvalue weighted by atomic mass is 19.4. The van der Waals surface area contributed by atoms with Crippen LogP contribution in [0.15, 0.2) is 12.2 Å². The minimum absolute atomic E-state index is 0.0857. The van der Waals surface area contributed by atoms with E-state index in [0.29, 0.717) is 0 Å². The van der Waals surface area contributed by atoms with Gasteiger partial charge in [-0.1, -0.05) is 123 Å². The Bertz CT molecular complexity index is 1170. The van der Waals surface area contributed by atoms with Crippen LogP contribution in [0.5, 0.6) is 0 Å². The second-order valence-corrected chi connectivity index (χ2v) is 14.6. The van der Waals surface area contributed by atoms with E-state index in [1.165, 1.54) is 102 Å². The van der Waals surface area contributed by atoms with Gasteiger partial charge in [0.1, 0.15) is 18.0 Å². The van der Waals surface area contributed by atoms with Gasteiger partial charge in [-0.25, -0.2) is 14.4 Å². The highest BCUT2D eigenvalue weighted by Crippen LogP contribution is 2.13. The zero-order valence-electron chi connectivity index (χ0n) is 35.1. The molecule has 8 N–H and O–H groups in total. The van der Waals surface area contributed by atoms with Crippen LogP contribution in [-0.4, -0.2) is 94.6 Å². The Morgan fingerprint density at radius 2 is 0.933 bits per heavy atom. The topological polar surface area (TPSA) is 253 Å². The van der Waals surface area contributed by atoms with E-state index in [-0.39, 0.29) is 19.3 Å². The number of amides is 1. The summed E-state index contributed by atoms with van der Waals surface area (Å²) in [5.41, 5.74) is 3.45. The minimum Gasteiger partial charge on any atom is -0.542 e. The van der Waals surface area contributed by atoms with Crippen molar-refractivity contribution in [1.29, 1.82) is 0 Å². The van der Waals surface area contributed by atoms with Crippen LogP contribution in [0.4, 0.5) is 26.3 Å². The van der Waals surface area contributed by atoms with Gasteiger partial charge < -0.3 is 51.1 Å².